The summed E-state index contributed by atoms with van der Waals surface area (Å²) in [7, 11) is 0. The van der Waals surface area contributed by atoms with E-state index in [1.54, 1.807) is 26.0 Å². The van der Waals surface area contributed by atoms with Crippen LogP contribution in [0.4, 0.5) is 10.5 Å². The Morgan fingerprint density at radius 1 is 0.949 bits per heavy atom. The highest BCUT2D eigenvalue weighted by Gasteiger charge is 2.20. The second-order valence-electron chi connectivity index (χ2n) is 8.55. The molecule has 2 N–H and O–H groups in total. The number of aromatic carboxylic acids is 1. The number of aryl methyl sites for hydroxylation is 1. The highest BCUT2D eigenvalue weighted by molar-refractivity contribution is 7.11. The largest absolute Gasteiger partial charge is 0.476 e. The van der Waals surface area contributed by atoms with Crippen molar-refractivity contribution in [2.45, 2.75) is 20.0 Å². The molecule has 10 heteroatoms. The van der Waals surface area contributed by atoms with Crippen LogP contribution in [0.3, 0.4) is 0 Å². The van der Waals surface area contributed by atoms with Gasteiger partial charge >= 0.3 is 12.1 Å². The lowest BCUT2D eigenvalue weighted by molar-refractivity contribution is 0.0688. The van der Waals surface area contributed by atoms with Gasteiger partial charge in [0.05, 0.1) is 5.51 Å². The van der Waals surface area contributed by atoms with Gasteiger partial charge in [0.15, 0.2) is 5.76 Å². The number of carboxylic acid groups (broad SMARTS) is 1. The zero-order chi connectivity index (χ0) is 27.4. The van der Waals surface area contributed by atoms with E-state index in [4.69, 9.17) is 14.0 Å². The molecule has 1 amide bonds. The van der Waals surface area contributed by atoms with Crippen LogP contribution in [0, 0.1) is 6.92 Å². The first-order valence-electron chi connectivity index (χ1n) is 11.9. The number of anilines is 1. The molecule has 9 nitrogen and oxygen atoms in total. The highest BCUT2D eigenvalue weighted by atomic mass is 32.1. The number of benzene rings is 3. The molecular weight excluding hydrogens is 518 g/mol. The first kappa shape index (κ1) is 25.7. The van der Waals surface area contributed by atoms with Crippen molar-refractivity contribution in [1.82, 2.24) is 10.1 Å². The highest BCUT2D eigenvalue weighted by Crippen LogP contribution is 2.34. The predicted molar refractivity (Wildman–Crippen MR) is 146 cm³/mol. The number of nitrogens with zero attached hydrogens (tertiary/aromatic N) is 2. The maximum atomic E-state index is 12.6. The smallest absolute Gasteiger partial charge is 0.412 e. The Balaban J connectivity index is 1.27. The third-order valence-corrected chi connectivity index (χ3v) is 6.63. The van der Waals surface area contributed by atoms with Crippen molar-refractivity contribution in [2.75, 3.05) is 5.32 Å². The number of hydrogen-bond acceptors (Lipinski definition) is 8. The Bertz CT molecular complexity index is 1590. The first-order chi connectivity index (χ1) is 18.9. The van der Waals surface area contributed by atoms with Crippen molar-refractivity contribution >= 4 is 29.1 Å². The fourth-order valence-electron chi connectivity index (χ4n) is 3.89. The normalized spacial score (nSPS) is 11.5. The van der Waals surface area contributed by atoms with Gasteiger partial charge in [0, 0.05) is 5.56 Å². The van der Waals surface area contributed by atoms with Crippen molar-refractivity contribution < 1.29 is 28.7 Å². The summed E-state index contributed by atoms with van der Waals surface area (Å²) < 4.78 is 16.7. The molecule has 2 aromatic heterocycles. The molecule has 1 atom stereocenters. The second kappa shape index (κ2) is 11.2. The monoisotopic (exact) mass is 541 g/mol. The van der Waals surface area contributed by atoms with Crippen molar-refractivity contribution in [3.8, 4) is 33.3 Å². The molecule has 5 aromatic rings. The van der Waals surface area contributed by atoms with Crippen molar-refractivity contribution in [2.24, 2.45) is 0 Å². The van der Waals surface area contributed by atoms with Crippen LogP contribution in [-0.2, 0) is 4.74 Å². The molecule has 39 heavy (non-hydrogen) atoms. The van der Waals surface area contributed by atoms with E-state index >= 15 is 0 Å². The topological polar surface area (TPSA) is 124 Å². The van der Waals surface area contributed by atoms with Gasteiger partial charge in [0.1, 0.15) is 23.2 Å². The number of aromatic nitrogens is 2. The number of hydrogen-bond donors (Lipinski definition) is 2. The number of nitrogens with one attached hydrogen (secondary N) is 1. The van der Waals surface area contributed by atoms with Gasteiger partial charge in [-0.15, -0.1) is 0 Å². The molecule has 0 fully saturated rings. The van der Waals surface area contributed by atoms with E-state index in [1.807, 2.05) is 66.7 Å². The Morgan fingerprint density at radius 2 is 1.59 bits per heavy atom. The summed E-state index contributed by atoms with van der Waals surface area (Å²) in [5.41, 5.74) is 5.78. The van der Waals surface area contributed by atoms with Gasteiger partial charge < -0.3 is 19.1 Å². The molecule has 0 unspecified atom stereocenters. The van der Waals surface area contributed by atoms with Crippen LogP contribution < -0.4 is 10.1 Å². The number of carbonyl (C=O) groups excluding carboxylic acids is 1. The van der Waals surface area contributed by atoms with E-state index < -0.39 is 18.2 Å². The Labute approximate surface area is 227 Å². The van der Waals surface area contributed by atoms with E-state index in [0.717, 1.165) is 33.6 Å². The third-order valence-electron chi connectivity index (χ3n) is 5.93. The van der Waals surface area contributed by atoms with Crippen LogP contribution in [0.5, 0.6) is 10.8 Å². The SMILES string of the molecule is Cc1noc(-c2ccc(-c3ccc(Oc4scnc4C(=O)O)cc3)cc2)c1NC(=O)O[C@H](C)c1ccccc1. The lowest BCUT2D eigenvalue weighted by Crippen LogP contribution is -2.16. The summed E-state index contributed by atoms with van der Waals surface area (Å²) in [5, 5.41) is 16.2. The molecule has 2 heterocycles. The molecule has 0 saturated heterocycles. The minimum Gasteiger partial charge on any atom is -0.476 e. The molecule has 0 aliphatic rings. The fourth-order valence-corrected chi connectivity index (χ4v) is 4.53. The van der Waals surface area contributed by atoms with Crippen molar-refractivity contribution in [3.63, 3.8) is 0 Å². The van der Waals surface area contributed by atoms with E-state index in [1.165, 1.54) is 5.51 Å². The summed E-state index contributed by atoms with van der Waals surface area (Å²) in [6, 6.07) is 24.3. The summed E-state index contributed by atoms with van der Waals surface area (Å²) >= 11 is 1.12. The molecule has 0 spiro atoms. The minimum absolute atomic E-state index is 0.116. The van der Waals surface area contributed by atoms with Gasteiger partial charge in [0.2, 0.25) is 10.8 Å². The lowest BCUT2D eigenvalue weighted by atomic mass is 10.0. The van der Waals surface area contributed by atoms with Gasteiger partial charge in [-0.2, -0.15) is 0 Å². The van der Waals surface area contributed by atoms with Crippen molar-refractivity contribution in [3.05, 3.63) is 101 Å². The number of carboxylic acids is 1. The predicted octanol–water partition coefficient (Wildman–Crippen LogP) is 7.57. The zero-order valence-electron chi connectivity index (χ0n) is 21.0. The average Bonchev–Trinajstić information content (AvgIpc) is 3.56. The number of thiazole rings is 1. The lowest BCUT2D eigenvalue weighted by Gasteiger charge is -2.14. The Morgan fingerprint density at radius 3 is 2.26 bits per heavy atom. The Hall–Kier alpha value is -4.96. The van der Waals surface area contributed by atoms with Gasteiger partial charge in [-0.3, -0.25) is 5.32 Å². The zero-order valence-corrected chi connectivity index (χ0v) is 21.8. The summed E-state index contributed by atoms with van der Waals surface area (Å²) in [5.74, 6) is -0.212. The second-order valence-corrected chi connectivity index (χ2v) is 9.37. The first-order valence-corrected chi connectivity index (χ1v) is 12.8. The molecule has 0 radical (unpaired) electrons. The molecule has 196 valence electrons. The van der Waals surface area contributed by atoms with Crippen LogP contribution >= 0.6 is 11.3 Å². The summed E-state index contributed by atoms with van der Waals surface area (Å²) in [6.45, 7) is 3.55. The number of carbonyl (C=O) groups is 2. The summed E-state index contributed by atoms with van der Waals surface area (Å²) in [4.78, 5) is 27.7. The van der Waals surface area contributed by atoms with Crippen molar-refractivity contribution in [1.29, 1.82) is 0 Å². The molecular formula is C29H23N3O6S. The standard InChI is InChI=1S/C29H23N3O6S/c1-17-24(31-29(35)36-18(2)19-6-4-3-5-7-19)26(38-32-17)22-10-8-20(9-11-22)21-12-14-23(15-13-21)37-28-25(27(33)34)30-16-39-28/h3-16,18H,1-2H3,(H,31,35)(H,33,34)/t18-/m1/s1. The molecule has 5 rings (SSSR count). The van der Waals surface area contributed by atoms with E-state index in [0.29, 0.717) is 22.9 Å². The van der Waals surface area contributed by atoms with Gasteiger partial charge in [-0.25, -0.2) is 14.6 Å². The maximum absolute atomic E-state index is 12.6. The average molecular weight is 542 g/mol. The minimum atomic E-state index is -1.14. The van der Waals surface area contributed by atoms with Crippen LogP contribution in [0.1, 0.15) is 34.8 Å². The Kier molecular flexibility index (Phi) is 7.37. The van der Waals surface area contributed by atoms with Crippen LogP contribution in [0.25, 0.3) is 22.5 Å². The number of ether oxygens (including phenoxy) is 2. The third kappa shape index (κ3) is 5.81. The molecule has 0 bridgehead atoms. The molecule has 0 aliphatic heterocycles. The van der Waals surface area contributed by atoms with E-state index in [-0.39, 0.29) is 10.8 Å². The van der Waals surface area contributed by atoms with E-state index in [2.05, 4.69) is 15.5 Å². The maximum Gasteiger partial charge on any atom is 0.412 e. The van der Waals surface area contributed by atoms with Crippen LogP contribution in [-0.4, -0.2) is 27.3 Å². The summed E-state index contributed by atoms with van der Waals surface area (Å²) in [6.07, 6.45) is -1.03. The molecule has 0 saturated carbocycles. The van der Waals surface area contributed by atoms with Crippen LogP contribution in [0.15, 0.2) is 88.9 Å². The van der Waals surface area contributed by atoms with Gasteiger partial charge in [-0.05, 0) is 42.7 Å². The van der Waals surface area contributed by atoms with Gasteiger partial charge in [0.25, 0.3) is 0 Å². The van der Waals surface area contributed by atoms with Crippen LogP contribution in [0.2, 0.25) is 0 Å². The number of amides is 1. The molecule has 0 aliphatic carbocycles. The fraction of sp³-hybridized carbons (Fsp3) is 0.103. The van der Waals surface area contributed by atoms with Gasteiger partial charge in [-0.1, -0.05) is 83.2 Å². The quantitative estimate of drug-likeness (QED) is 0.206. The number of rotatable bonds is 8. The molecule has 3 aromatic carbocycles. The van der Waals surface area contributed by atoms with E-state index in [9.17, 15) is 14.7 Å².